The number of ether oxygens (including phenoxy) is 1. The second kappa shape index (κ2) is 13.5. The first kappa shape index (κ1) is 25.3. The van der Waals surface area contributed by atoms with Gasteiger partial charge in [-0.1, -0.05) is 18.2 Å². The SMILES string of the molecule is CCNC(=NCc1ccccc1OCCN(C)C)NCC(C)(C)SC.I. The quantitative estimate of drug-likeness (QED) is 0.297. The van der Waals surface area contributed by atoms with Crippen molar-refractivity contribution in [1.82, 2.24) is 15.5 Å². The van der Waals surface area contributed by atoms with Gasteiger partial charge in [-0.2, -0.15) is 11.8 Å². The van der Waals surface area contributed by atoms with Crippen LogP contribution in [0.1, 0.15) is 26.3 Å². The molecule has 26 heavy (non-hydrogen) atoms. The molecule has 0 fully saturated rings. The van der Waals surface area contributed by atoms with Crippen LogP contribution in [0.15, 0.2) is 29.3 Å². The normalized spacial score (nSPS) is 11.9. The molecule has 0 saturated heterocycles. The number of rotatable bonds is 10. The van der Waals surface area contributed by atoms with Gasteiger partial charge in [-0.05, 0) is 47.2 Å². The van der Waals surface area contributed by atoms with Crippen molar-refractivity contribution in [1.29, 1.82) is 0 Å². The molecule has 0 aliphatic rings. The number of halogens is 1. The Labute approximate surface area is 180 Å². The van der Waals surface area contributed by atoms with E-state index in [-0.39, 0.29) is 28.7 Å². The number of likely N-dealkylation sites (N-methyl/N-ethyl adjacent to an activating group) is 1. The maximum absolute atomic E-state index is 5.92. The van der Waals surface area contributed by atoms with E-state index in [2.05, 4.69) is 48.6 Å². The number of guanidine groups is 1. The maximum atomic E-state index is 5.92. The van der Waals surface area contributed by atoms with Gasteiger partial charge in [0.15, 0.2) is 5.96 Å². The van der Waals surface area contributed by atoms with Crippen molar-refractivity contribution >= 4 is 41.7 Å². The van der Waals surface area contributed by atoms with E-state index in [9.17, 15) is 0 Å². The summed E-state index contributed by atoms with van der Waals surface area (Å²) in [5.41, 5.74) is 1.10. The molecule has 0 amide bonds. The van der Waals surface area contributed by atoms with Crippen molar-refractivity contribution < 1.29 is 4.74 Å². The highest BCUT2D eigenvalue weighted by atomic mass is 127. The smallest absolute Gasteiger partial charge is 0.191 e. The van der Waals surface area contributed by atoms with Crippen LogP contribution in [0.2, 0.25) is 0 Å². The topological polar surface area (TPSA) is 48.9 Å². The summed E-state index contributed by atoms with van der Waals surface area (Å²) >= 11 is 1.85. The van der Waals surface area contributed by atoms with Gasteiger partial charge in [0.05, 0.1) is 6.54 Å². The lowest BCUT2D eigenvalue weighted by Crippen LogP contribution is -2.43. The number of hydrogen-bond donors (Lipinski definition) is 2. The van der Waals surface area contributed by atoms with Crippen LogP contribution in [0.5, 0.6) is 5.75 Å². The van der Waals surface area contributed by atoms with Crippen molar-refractivity contribution in [2.24, 2.45) is 4.99 Å². The van der Waals surface area contributed by atoms with E-state index in [0.29, 0.717) is 13.2 Å². The summed E-state index contributed by atoms with van der Waals surface area (Å²) in [5.74, 6) is 1.75. The Morgan fingerprint density at radius 1 is 1.23 bits per heavy atom. The highest BCUT2D eigenvalue weighted by molar-refractivity contribution is 14.0. The molecule has 1 rings (SSSR count). The summed E-state index contributed by atoms with van der Waals surface area (Å²) in [7, 11) is 4.09. The Morgan fingerprint density at radius 2 is 1.92 bits per heavy atom. The van der Waals surface area contributed by atoms with E-state index in [1.54, 1.807) is 0 Å². The molecule has 2 N–H and O–H groups in total. The molecule has 0 saturated carbocycles. The summed E-state index contributed by atoms with van der Waals surface area (Å²) in [4.78, 5) is 6.83. The van der Waals surface area contributed by atoms with Crippen LogP contribution in [0.3, 0.4) is 0 Å². The fourth-order valence-corrected chi connectivity index (χ4v) is 2.20. The Kier molecular flexibility index (Phi) is 13.1. The van der Waals surface area contributed by atoms with Gasteiger partial charge in [0, 0.05) is 29.9 Å². The molecule has 1 aromatic rings. The summed E-state index contributed by atoms with van der Waals surface area (Å²) in [5, 5.41) is 6.74. The van der Waals surface area contributed by atoms with Crippen molar-refractivity contribution in [2.75, 3.05) is 46.6 Å². The van der Waals surface area contributed by atoms with Crippen molar-refractivity contribution in [3.63, 3.8) is 0 Å². The zero-order chi connectivity index (χ0) is 18.7. The molecule has 0 aliphatic carbocycles. The zero-order valence-electron chi connectivity index (χ0n) is 17.0. The largest absolute Gasteiger partial charge is 0.492 e. The second-order valence-corrected chi connectivity index (χ2v) is 8.29. The minimum Gasteiger partial charge on any atom is -0.492 e. The molecule has 0 aliphatic heterocycles. The fraction of sp³-hybridized carbons (Fsp3) is 0.632. The lowest BCUT2D eigenvalue weighted by molar-refractivity contribution is 0.259. The van der Waals surface area contributed by atoms with Gasteiger partial charge in [-0.25, -0.2) is 4.99 Å². The maximum Gasteiger partial charge on any atom is 0.191 e. The molecular weight excluding hydrogens is 459 g/mol. The minimum atomic E-state index is 0. The van der Waals surface area contributed by atoms with Crippen molar-refractivity contribution in [3.8, 4) is 5.75 Å². The molecule has 7 heteroatoms. The van der Waals surface area contributed by atoms with E-state index < -0.39 is 0 Å². The van der Waals surface area contributed by atoms with Crippen LogP contribution in [0.4, 0.5) is 0 Å². The number of hydrogen-bond acceptors (Lipinski definition) is 4. The van der Waals surface area contributed by atoms with Crippen LogP contribution >= 0.6 is 35.7 Å². The molecule has 0 aromatic heterocycles. The molecule has 0 radical (unpaired) electrons. The van der Waals surface area contributed by atoms with E-state index in [4.69, 9.17) is 9.73 Å². The summed E-state index contributed by atoms with van der Waals surface area (Å²) in [6.45, 7) is 10.4. The number of aliphatic imine (C=N–C) groups is 1. The molecule has 5 nitrogen and oxygen atoms in total. The first-order valence-electron chi connectivity index (χ1n) is 8.80. The fourth-order valence-electron chi connectivity index (χ4n) is 1.99. The first-order chi connectivity index (χ1) is 11.9. The first-order valence-corrected chi connectivity index (χ1v) is 10.0. The molecule has 1 aromatic carbocycles. The highest BCUT2D eigenvalue weighted by Gasteiger charge is 2.16. The molecular formula is C19H35IN4OS. The average Bonchev–Trinajstić information content (AvgIpc) is 2.58. The Bertz CT molecular complexity index is 538. The predicted molar refractivity (Wildman–Crippen MR) is 126 cm³/mol. The molecule has 0 spiro atoms. The van der Waals surface area contributed by atoms with Gasteiger partial charge in [0.1, 0.15) is 12.4 Å². The van der Waals surface area contributed by atoms with Crippen LogP contribution in [-0.4, -0.2) is 62.2 Å². The number of nitrogens with zero attached hydrogens (tertiary/aromatic N) is 2. The average molecular weight is 494 g/mol. The number of para-hydroxylation sites is 1. The third-order valence-electron chi connectivity index (χ3n) is 3.75. The molecule has 0 unspecified atom stereocenters. The van der Waals surface area contributed by atoms with E-state index in [1.807, 2.05) is 44.1 Å². The lowest BCUT2D eigenvalue weighted by atomic mass is 10.2. The van der Waals surface area contributed by atoms with Crippen LogP contribution in [0.25, 0.3) is 0 Å². The van der Waals surface area contributed by atoms with E-state index in [0.717, 1.165) is 36.9 Å². The van der Waals surface area contributed by atoms with Crippen molar-refractivity contribution in [2.45, 2.75) is 32.1 Å². The monoisotopic (exact) mass is 494 g/mol. The summed E-state index contributed by atoms with van der Waals surface area (Å²) in [6, 6.07) is 8.12. The minimum absolute atomic E-state index is 0. The second-order valence-electron chi connectivity index (χ2n) is 6.77. The number of thioether (sulfide) groups is 1. The van der Waals surface area contributed by atoms with Crippen LogP contribution < -0.4 is 15.4 Å². The third kappa shape index (κ3) is 10.5. The van der Waals surface area contributed by atoms with Gasteiger partial charge < -0.3 is 20.3 Å². The van der Waals surface area contributed by atoms with E-state index >= 15 is 0 Å². The van der Waals surface area contributed by atoms with Crippen molar-refractivity contribution in [3.05, 3.63) is 29.8 Å². The Morgan fingerprint density at radius 3 is 2.54 bits per heavy atom. The van der Waals surface area contributed by atoms with Crippen LogP contribution in [-0.2, 0) is 6.54 Å². The number of benzene rings is 1. The predicted octanol–water partition coefficient (Wildman–Crippen LogP) is 3.44. The van der Waals surface area contributed by atoms with Gasteiger partial charge in [0.2, 0.25) is 0 Å². The molecule has 0 atom stereocenters. The van der Waals surface area contributed by atoms with E-state index in [1.165, 1.54) is 0 Å². The van der Waals surface area contributed by atoms with Gasteiger partial charge in [-0.3, -0.25) is 0 Å². The molecule has 0 bridgehead atoms. The zero-order valence-corrected chi connectivity index (χ0v) is 20.1. The highest BCUT2D eigenvalue weighted by Crippen LogP contribution is 2.20. The number of nitrogens with one attached hydrogen (secondary N) is 2. The summed E-state index contributed by atoms with van der Waals surface area (Å²) < 4.78 is 6.09. The Balaban J connectivity index is 0.00000625. The third-order valence-corrected chi connectivity index (χ3v) is 5.00. The molecule has 0 heterocycles. The van der Waals surface area contributed by atoms with Crippen LogP contribution in [0, 0.1) is 0 Å². The van der Waals surface area contributed by atoms with Gasteiger partial charge >= 0.3 is 0 Å². The van der Waals surface area contributed by atoms with Gasteiger partial charge in [-0.15, -0.1) is 24.0 Å². The Hall–Kier alpha value is -0.670. The standard InChI is InChI=1S/C19H34N4OS.HI/c1-7-20-18(22-15-19(2,3)25-6)21-14-16-10-8-9-11-17(16)24-13-12-23(4)5;/h8-11H,7,12-15H2,1-6H3,(H2,20,21,22);1H. The van der Waals surface area contributed by atoms with Gasteiger partial charge in [0.25, 0.3) is 0 Å². The molecule has 150 valence electrons. The summed E-state index contributed by atoms with van der Waals surface area (Å²) in [6.07, 6.45) is 2.13. The lowest BCUT2D eigenvalue weighted by Gasteiger charge is -2.23.